The van der Waals surface area contributed by atoms with Crippen LogP contribution in [0.5, 0.6) is 0 Å². The number of aryl methyl sites for hydroxylation is 1. The Morgan fingerprint density at radius 3 is 2.68 bits per heavy atom. The van der Waals surface area contributed by atoms with Crippen molar-refractivity contribution in [2.24, 2.45) is 7.05 Å². The zero-order chi connectivity index (χ0) is 13.7. The van der Waals surface area contributed by atoms with Crippen LogP contribution < -0.4 is 10.6 Å². The minimum Gasteiger partial charge on any atom is -0.337 e. The molecule has 0 radical (unpaired) electrons. The van der Waals surface area contributed by atoms with Crippen molar-refractivity contribution >= 4 is 23.4 Å². The molecule has 1 heterocycles. The predicted octanol–water partition coefficient (Wildman–Crippen LogP) is 2.44. The van der Waals surface area contributed by atoms with Gasteiger partial charge in [0.2, 0.25) is 0 Å². The van der Waals surface area contributed by atoms with Crippen molar-refractivity contribution in [2.75, 3.05) is 11.9 Å². The fraction of sp³-hybridized carbons (Fsp3) is 0.231. The molecule has 0 aliphatic heterocycles. The van der Waals surface area contributed by atoms with Gasteiger partial charge in [-0.2, -0.15) is 5.10 Å². The van der Waals surface area contributed by atoms with E-state index < -0.39 is 0 Å². The molecule has 0 saturated heterocycles. The lowest BCUT2D eigenvalue weighted by atomic mass is 10.1. The van der Waals surface area contributed by atoms with Gasteiger partial charge in [-0.1, -0.05) is 23.7 Å². The number of benzene rings is 1. The normalized spacial score (nSPS) is 10.2. The Morgan fingerprint density at radius 2 is 2.05 bits per heavy atom. The van der Waals surface area contributed by atoms with Crippen LogP contribution in [0, 0.1) is 0 Å². The molecule has 0 fully saturated rings. The summed E-state index contributed by atoms with van der Waals surface area (Å²) in [6.45, 7) is 0.561. The minimum atomic E-state index is -0.238. The molecule has 100 valence electrons. The third-order valence-corrected chi connectivity index (χ3v) is 2.93. The van der Waals surface area contributed by atoms with Crippen molar-refractivity contribution in [3.05, 3.63) is 47.1 Å². The van der Waals surface area contributed by atoms with Crippen LogP contribution in [0.2, 0.25) is 5.02 Å². The Labute approximate surface area is 116 Å². The van der Waals surface area contributed by atoms with Gasteiger partial charge in [-0.25, -0.2) is 4.79 Å². The van der Waals surface area contributed by atoms with E-state index in [0.29, 0.717) is 17.4 Å². The smallest absolute Gasteiger partial charge is 0.320 e. The maximum absolute atomic E-state index is 11.6. The Kier molecular flexibility index (Phi) is 4.41. The molecule has 19 heavy (non-hydrogen) atoms. The maximum atomic E-state index is 11.6. The minimum absolute atomic E-state index is 0.238. The topological polar surface area (TPSA) is 59.0 Å². The summed E-state index contributed by atoms with van der Waals surface area (Å²) in [5, 5.41) is 10.2. The molecule has 0 unspecified atom stereocenters. The maximum Gasteiger partial charge on any atom is 0.320 e. The first-order chi connectivity index (χ1) is 9.15. The van der Waals surface area contributed by atoms with E-state index in [1.165, 1.54) is 0 Å². The van der Waals surface area contributed by atoms with Gasteiger partial charge in [0.15, 0.2) is 0 Å². The summed E-state index contributed by atoms with van der Waals surface area (Å²) in [7, 11) is 1.77. The van der Waals surface area contributed by atoms with E-state index >= 15 is 0 Å². The molecule has 2 rings (SSSR count). The number of urea groups is 1. The highest BCUT2D eigenvalue weighted by Gasteiger charge is 2.03. The predicted molar refractivity (Wildman–Crippen MR) is 75.4 cm³/mol. The molecule has 1 aromatic carbocycles. The standard InChI is InChI=1S/C13H15ClN4O/c1-18-12(7-9-16-18)17-13(19)15-8-6-10-2-4-11(14)5-3-10/h2-5,7,9H,6,8H2,1H3,(H2,15,17,19). The van der Waals surface area contributed by atoms with Crippen molar-refractivity contribution in [3.8, 4) is 0 Å². The summed E-state index contributed by atoms with van der Waals surface area (Å²) in [4.78, 5) is 11.6. The van der Waals surface area contributed by atoms with Gasteiger partial charge in [-0.05, 0) is 24.1 Å². The number of aromatic nitrogens is 2. The number of anilines is 1. The average molecular weight is 279 g/mol. The Bertz CT molecular complexity index is 550. The van der Waals surface area contributed by atoms with Gasteiger partial charge in [0.1, 0.15) is 5.82 Å². The third-order valence-electron chi connectivity index (χ3n) is 2.68. The Morgan fingerprint density at radius 1 is 1.32 bits per heavy atom. The Balaban J connectivity index is 1.75. The number of rotatable bonds is 4. The zero-order valence-electron chi connectivity index (χ0n) is 10.6. The van der Waals surface area contributed by atoms with Crippen molar-refractivity contribution in [1.29, 1.82) is 0 Å². The molecule has 2 amide bonds. The summed E-state index contributed by atoms with van der Waals surface area (Å²) in [5.74, 6) is 0.656. The van der Waals surface area contributed by atoms with Gasteiger partial charge in [0.25, 0.3) is 0 Å². The van der Waals surface area contributed by atoms with Crippen molar-refractivity contribution in [1.82, 2.24) is 15.1 Å². The number of amides is 2. The molecule has 0 bridgehead atoms. The first kappa shape index (κ1) is 13.4. The molecule has 1 aromatic heterocycles. The monoisotopic (exact) mass is 278 g/mol. The number of halogens is 1. The molecule has 2 N–H and O–H groups in total. The number of nitrogens with one attached hydrogen (secondary N) is 2. The highest BCUT2D eigenvalue weighted by Crippen LogP contribution is 2.09. The van der Waals surface area contributed by atoms with Crippen LogP contribution in [-0.2, 0) is 13.5 Å². The van der Waals surface area contributed by atoms with E-state index in [1.807, 2.05) is 24.3 Å². The second kappa shape index (κ2) is 6.24. The number of carbonyl (C=O) groups is 1. The quantitative estimate of drug-likeness (QED) is 0.902. The van der Waals surface area contributed by atoms with E-state index in [4.69, 9.17) is 11.6 Å². The van der Waals surface area contributed by atoms with Crippen LogP contribution in [0.25, 0.3) is 0 Å². The van der Waals surface area contributed by atoms with Gasteiger partial charge in [0.05, 0.1) is 6.20 Å². The second-order valence-electron chi connectivity index (χ2n) is 4.10. The highest BCUT2D eigenvalue weighted by molar-refractivity contribution is 6.30. The van der Waals surface area contributed by atoms with Crippen LogP contribution in [-0.4, -0.2) is 22.4 Å². The number of hydrogen-bond donors (Lipinski definition) is 2. The molecular weight excluding hydrogens is 264 g/mol. The van der Waals surface area contributed by atoms with E-state index in [1.54, 1.807) is 24.0 Å². The second-order valence-corrected chi connectivity index (χ2v) is 4.53. The summed E-state index contributed by atoms with van der Waals surface area (Å²) in [6, 6.07) is 9.07. The number of nitrogens with zero attached hydrogens (tertiary/aromatic N) is 2. The fourth-order valence-corrected chi connectivity index (χ4v) is 1.75. The molecule has 0 aliphatic rings. The van der Waals surface area contributed by atoms with E-state index in [2.05, 4.69) is 15.7 Å². The van der Waals surface area contributed by atoms with Crippen LogP contribution in [0.1, 0.15) is 5.56 Å². The van der Waals surface area contributed by atoms with Crippen molar-refractivity contribution in [2.45, 2.75) is 6.42 Å². The van der Waals surface area contributed by atoms with Crippen molar-refractivity contribution < 1.29 is 4.79 Å². The lowest BCUT2D eigenvalue weighted by Crippen LogP contribution is -2.31. The first-order valence-electron chi connectivity index (χ1n) is 5.92. The van der Waals surface area contributed by atoms with Crippen LogP contribution in [0.4, 0.5) is 10.6 Å². The summed E-state index contributed by atoms with van der Waals surface area (Å²) in [6.07, 6.45) is 2.39. The van der Waals surface area contributed by atoms with Gasteiger partial charge >= 0.3 is 6.03 Å². The first-order valence-corrected chi connectivity index (χ1v) is 6.30. The third kappa shape index (κ3) is 3.99. The highest BCUT2D eigenvalue weighted by atomic mass is 35.5. The molecule has 0 aliphatic carbocycles. The fourth-order valence-electron chi connectivity index (χ4n) is 1.63. The summed E-state index contributed by atoms with van der Waals surface area (Å²) < 4.78 is 1.60. The number of carbonyl (C=O) groups excluding carboxylic acids is 1. The lowest BCUT2D eigenvalue weighted by Gasteiger charge is -2.07. The number of hydrogen-bond acceptors (Lipinski definition) is 2. The SMILES string of the molecule is Cn1nccc1NC(=O)NCCc1ccc(Cl)cc1. The van der Waals surface area contributed by atoms with Gasteiger partial charge < -0.3 is 5.32 Å². The largest absolute Gasteiger partial charge is 0.337 e. The van der Waals surface area contributed by atoms with Crippen LogP contribution >= 0.6 is 11.6 Å². The van der Waals surface area contributed by atoms with Crippen LogP contribution in [0.15, 0.2) is 36.5 Å². The molecule has 0 spiro atoms. The molecule has 5 nitrogen and oxygen atoms in total. The van der Waals surface area contributed by atoms with Crippen LogP contribution in [0.3, 0.4) is 0 Å². The van der Waals surface area contributed by atoms with Gasteiger partial charge in [0, 0.05) is 24.7 Å². The molecule has 0 atom stereocenters. The molecular formula is C13H15ClN4O. The lowest BCUT2D eigenvalue weighted by molar-refractivity contribution is 0.252. The average Bonchev–Trinajstić information content (AvgIpc) is 2.78. The summed E-state index contributed by atoms with van der Waals surface area (Å²) in [5.41, 5.74) is 1.13. The van der Waals surface area contributed by atoms with Crippen molar-refractivity contribution in [3.63, 3.8) is 0 Å². The van der Waals surface area contributed by atoms with E-state index in [-0.39, 0.29) is 6.03 Å². The van der Waals surface area contributed by atoms with E-state index in [0.717, 1.165) is 12.0 Å². The molecule has 0 saturated carbocycles. The molecule has 6 heteroatoms. The molecule has 2 aromatic rings. The van der Waals surface area contributed by atoms with Gasteiger partial charge in [-0.3, -0.25) is 10.00 Å². The summed E-state index contributed by atoms with van der Waals surface area (Å²) >= 11 is 5.80. The van der Waals surface area contributed by atoms with Gasteiger partial charge in [-0.15, -0.1) is 0 Å². The van der Waals surface area contributed by atoms with E-state index in [9.17, 15) is 4.79 Å². The zero-order valence-corrected chi connectivity index (χ0v) is 11.3. The Hall–Kier alpha value is -2.01.